The number of aliphatic imine (C=N–C) groups is 1. The first-order chi connectivity index (χ1) is 9.76. The SMILES string of the molecule is OCCNc1nc(O)c(/C=c2\ccc3c(c2)N=CC=3)s1. The summed E-state index contributed by atoms with van der Waals surface area (Å²) in [6.45, 7) is 0.439. The molecule has 0 aliphatic carbocycles. The van der Waals surface area contributed by atoms with Crippen LogP contribution in [-0.2, 0) is 0 Å². The highest BCUT2D eigenvalue weighted by atomic mass is 32.1. The molecule has 3 rings (SSSR count). The second-order valence-corrected chi connectivity index (χ2v) is 5.30. The summed E-state index contributed by atoms with van der Waals surface area (Å²) in [4.78, 5) is 8.93. The van der Waals surface area contributed by atoms with E-state index in [1.54, 1.807) is 6.21 Å². The van der Waals surface area contributed by atoms with E-state index in [1.165, 1.54) is 11.3 Å². The molecule has 5 nitrogen and oxygen atoms in total. The van der Waals surface area contributed by atoms with Gasteiger partial charge in [0.2, 0.25) is 5.88 Å². The van der Waals surface area contributed by atoms with Crippen molar-refractivity contribution in [2.24, 2.45) is 4.99 Å². The molecule has 2 heterocycles. The van der Waals surface area contributed by atoms with Gasteiger partial charge in [-0.2, -0.15) is 4.98 Å². The molecule has 0 bridgehead atoms. The maximum absolute atomic E-state index is 9.82. The Bertz CT molecular complexity index is 780. The second-order valence-electron chi connectivity index (χ2n) is 4.26. The van der Waals surface area contributed by atoms with Gasteiger partial charge in [-0.3, -0.25) is 4.99 Å². The van der Waals surface area contributed by atoms with Gasteiger partial charge in [0.1, 0.15) is 0 Å². The van der Waals surface area contributed by atoms with Gasteiger partial charge >= 0.3 is 0 Å². The molecule has 0 spiro atoms. The summed E-state index contributed by atoms with van der Waals surface area (Å²) < 4.78 is 0. The van der Waals surface area contributed by atoms with Crippen LogP contribution in [0.4, 0.5) is 10.8 Å². The van der Waals surface area contributed by atoms with Gasteiger partial charge in [-0.1, -0.05) is 23.5 Å². The highest BCUT2D eigenvalue weighted by Crippen LogP contribution is 2.28. The van der Waals surface area contributed by atoms with E-state index in [2.05, 4.69) is 15.3 Å². The fourth-order valence-corrected chi connectivity index (χ4v) is 2.76. The number of aromatic nitrogens is 1. The van der Waals surface area contributed by atoms with Crippen LogP contribution >= 0.6 is 11.3 Å². The maximum atomic E-state index is 9.82. The average molecular weight is 287 g/mol. The Morgan fingerprint density at radius 1 is 1.35 bits per heavy atom. The van der Waals surface area contributed by atoms with Crippen LogP contribution in [0.1, 0.15) is 4.88 Å². The molecule has 0 atom stereocenters. The van der Waals surface area contributed by atoms with Gasteiger partial charge in [-0.05, 0) is 23.4 Å². The van der Waals surface area contributed by atoms with E-state index < -0.39 is 0 Å². The Morgan fingerprint density at radius 2 is 2.25 bits per heavy atom. The average Bonchev–Trinajstić information content (AvgIpc) is 3.03. The monoisotopic (exact) mass is 287 g/mol. The number of benzene rings is 1. The molecule has 1 aliphatic rings. The molecule has 3 N–H and O–H groups in total. The van der Waals surface area contributed by atoms with E-state index in [-0.39, 0.29) is 12.5 Å². The first kappa shape index (κ1) is 12.8. The summed E-state index contributed by atoms with van der Waals surface area (Å²) in [6, 6.07) is 5.94. The van der Waals surface area contributed by atoms with Crippen LogP contribution in [0.25, 0.3) is 12.2 Å². The molecule has 0 saturated carbocycles. The van der Waals surface area contributed by atoms with E-state index >= 15 is 0 Å². The summed E-state index contributed by atoms with van der Waals surface area (Å²) in [7, 11) is 0. The van der Waals surface area contributed by atoms with Crippen molar-refractivity contribution >= 4 is 40.5 Å². The summed E-state index contributed by atoms with van der Waals surface area (Å²) in [5.41, 5.74) is 0.932. The van der Waals surface area contributed by atoms with Crippen molar-refractivity contribution in [2.75, 3.05) is 18.5 Å². The molecule has 1 aromatic heterocycles. The fourth-order valence-electron chi connectivity index (χ4n) is 1.91. The van der Waals surface area contributed by atoms with Crippen LogP contribution in [0, 0.1) is 0 Å². The summed E-state index contributed by atoms with van der Waals surface area (Å²) in [5.74, 6) is -0.00833. The normalized spacial score (nSPS) is 13.3. The fraction of sp³-hybridized carbons (Fsp3) is 0.143. The maximum Gasteiger partial charge on any atom is 0.231 e. The van der Waals surface area contributed by atoms with Crippen molar-refractivity contribution in [1.82, 2.24) is 4.98 Å². The lowest BCUT2D eigenvalue weighted by Crippen LogP contribution is -2.06. The molecule has 0 radical (unpaired) electrons. The first-order valence-electron chi connectivity index (χ1n) is 6.17. The van der Waals surface area contributed by atoms with Crippen LogP contribution in [0.2, 0.25) is 0 Å². The molecule has 0 saturated heterocycles. The zero-order valence-corrected chi connectivity index (χ0v) is 11.4. The van der Waals surface area contributed by atoms with Crippen molar-refractivity contribution < 1.29 is 10.2 Å². The summed E-state index contributed by atoms with van der Waals surface area (Å²) >= 11 is 1.34. The second kappa shape index (κ2) is 5.44. The zero-order chi connectivity index (χ0) is 13.9. The van der Waals surface area contributed by atoms with E-state index in [1.807, 2.05) is 30.4 Å². The minimum Gasteiger partial charge on any atom is -0.492 e. The number of aliphatic hydroxyl groups is 1. The van der Waals surface area contributed by atoms with Gasteiger partial charge < -0.3 is 15.5 Å². The Morgan fingerprint density at radius 3 is 3.10 bits per heavy atom. The minimum atomic E-state index is -0.00833. The molecule has 2 aromatic rings. The standard InChI is InChI=1S/C14H13N3O2S/c18-6-5-16-14-17-13(19)12(20-14)8-9-1-2-10-3-4-15-11(10)7-9/h1-4,7-8,18-19H,5-6H2,(H,16,17)/b9-8+. The molecule has 0 fully saturated rings. The summed E-state index contributed by atoms with van der Waals surface area (Å²) in [5, 5.41) is 24.2. The molecule has 1 aliphatic heterocycles. The number of anilines is 1. The van der Waals surface area contributed by atoms with Crippen molar-refractivity contribution in [3.63, 3.8) is 0 Å². The van der Waals surface area contributed by atoms with E-state index in [4.69, 9.17) is 5.11 Å². The Labute approximate surface area is 119 Å². The van der Waals surface area contributed by atoms with E-state index in [0.717, 1.165) is 16.1 Å². The van der Waals surface area contributed by atoms with Crippen molar-refractivity contribution in [2.45, 2.75) is 0 Å². The highest BCUT2D eigenvalue weighted by molar-refractivity contribution is 7.16. The molecule has 0 amide bonds. The quantitative estimate of drug-likeness (QED) is 0.768. The number of aromatic hydroxyl groups is 1. The lowest BCUT2D eigenvalue weighted by Gasteiger charge is -1.95. The topological polar surface area (TPSA) is 77.7 Å². The van der Waals surface area contributed by atoms with Crippen LogP contribution in [-0.4, -0.2) is 34.6 Å². The van der Waals surface area contributed by atoms with Crippen LogP contribution in [0.15, 0.2) is 23.2 Å². The van der Waals surface area contributed by atoms with E-state index in [9.17, 15) is 5.11 Å². The lowest BCUT2D eigenvalue weighted by molar-refractivity contribution is 0.311. The number of fused-ring (bicyclic) bond motifs is 1. The summed E-state index contributed by atoms with van der Waals surface area (Å²) in [6.07, 6.45) is 5.60. The molecular formula is C14H13N3O2S. The third kappa shape index (κ3) is 2.56. The van der Waals surface area contributed by atoms with Gasteiger partial charge in [-0.15, -0.1) is 0 Å². The smallest absolute Gasteiger partial charge is 0.231 e. The van der Waals surface area contributed by atoms with Gasteiger partial charge in [0.25, 0.3) is 0 Å². The predicted octanol–water partition coefficient (Wildman–Crippen LogP) is 0.578. The number of aliphatic hydroxyl groups excluding tert-OH is 1. The number of hydrogen-bond acceptors (Lipinski definition) is 6. The van der Waals surface area contributed by atoms with Crippen LogP contribution in [0.3, 0.4) is 0 Å². The van der Waals surface area contributed by atoms with Gasteiger partial charge in [0, 0.05) is 18.0 Å². The molecular weight excluding hydrogens is 274 g/mol. The largest absolute Gasteiger partial charge is 0.492 e. The number of nitrogens with one attached hydrogen (secondary N) is 1. The molecule has 6 heteroatoms. The Hall–Kier alpha value is -2.18. The van der Waals surface area contributed by atoms with Crippen molar-refractivity contribution in [3.05, 3.63) is 33.5 Å². The molecule has 20 heavy (non-hydrogen) atoms. The number of thiazole rings is 1. The molecule has 0 unspecified atom stereocenters. The first-order valence-corrected chi connectivity index (χ1v) is 6.98. The zero-order valence-electron chi connectivity index (χ0n) is 10.6. The van der Waals surface area contributed by atoms with Gasteiger partial charge in [-0.25, -0.2) is 0 Å². The van der Waals surface area contributed by atoms with Crippen LogP contribution < -0.4 is 15.8 Å². The third-order valence-corrected chi connectivity index (χ3v) is 3.79. The van der Waals surface area contributed by atoms with Gasteiger partial charge in [0.05, 0.1) is 17.2 Å². The van der Waals surface area contributed by atoms with E-state index in [0.29, 0.717) is 16.6 Å². The Kier molecular flexibility index (Phi) is 3.49. The van der Waals surface area contributed by atoms with Gasteiger partial charge in [0.15, 0.2) is 5.13 Å². The third-order valence-electron chi connectivity index (χ3n) is 2.84. The highest BCUT2D eigenvalue weighted by Gasteiger charge is 2.07. The predicted molar refractivity (Wildman–Crippen MR) is 81.2 cm³/mol. The molecule has 102 valence electrons. The Balaban J connectivity index is 1.94. The number of rotatable bonds is 4. The number of hydrogen-bond donors (Lipinski definition) is 3. The van der Waals surface area contributed by atoms with Crippen molar-refractivity contribution in [1.29, 1.82) is 0 Å². The number of nitrogens with zero attached hydrogens (tertiary/aromatic N) is 2. The molecule has 1 aromatic carbocycles. The van der Waals surface area contributed by atoms with Crippen LogP contribution in [0.5, 0.6) is 5.88 Å². The minimum absolute atomic E-state index is 0.00833. The lowest BCUT2D eigenvalue weighted by atomic mass is 10.2. The van der Waals surface area contributed by atoms with Crippen molar-refractivity contribution in [3.8, 4) is 5.88 Å².